The van der Waals surface area contributed by atoms with Gasteiger partial charge in [-0.1, -0.05) is 38.8 Å². The number of rotatable bonds is 7. The molecule has 3 heteroatoms. The number of unbranched alkanes of at least 4 members (excludes halogenated alkanes) is 2. The third kappa shape index (κ3) is 6.62. The third-order valence-corrected chi connectivity index (χ3v) is 2.26. The molecule has 0 aliphatic carbocycles. The summed E-state index contributed by atoms with van der Waals surface area (Å²) in [6.45, 7) is 7.49. The Labute approximate surface area is 98.5 Å². The van der Waals surface area contributed by atoms with E-state index in [4.69, 9.17) is 4.74 Å². The molecule has 0 saturated carbocycles. The second kappa shape index (κ2) is 8.34. The molecular formula is C13H24O3. The molecule has 3 nitrogen and oxygen atoms in total. The Hall–Kier alpha value is -0.830. The monoisotopic (exact) mass is 228 g/mol. The standard InChI is InChI=1S/C13H24O3/c1-5-6-7-8-9-11(4)12(14)13(15)16-10(2)3/h8-12,14H,5-7H2,1-4H3/b9-8-/t11-,12+/m0/s1. The van der Waals surface area contributed by atoms with Gasteiger partial charge in [-0.3, -0.25) is 0 Å². The van der Waals surface area contributed by atoms with E-state index in [9.17, 15) is 9.90 Å². The molecule has 0 heterocycles. The van der Waals surface area contributed by atoms with E-state index < -0.39 is 12.1 Å². The number of hydrogen-bond donors (Lipinski definition) is 1. The van der Waals surface area contributed by atoms with E-state index in [0.717, 1.165) is 19.3 Å². The van der Waals surface area contributed by atoms with Crippen LogP contribution < -0.4 is 0 Å². The van der Waals surface area contributed by atoms with Crippen molar-refractivity contribution in [1.82, 2.24) is 0 Å². The zero-order valence-electron chi connectivity index (χ0n) is 10.8. The van der Waals surface area contributed by atoms with E-state index in [0.29, 0.717) is 0 Å². The number of carbonyl (C=O) groups is 1. The van der Waals surface area contributed by atoms with Crippen LogP contribution in [-0.4, -0.2) is 23.3 Å². The molecule has 0 aliphatic rings. The molecule has 2 atom stereocenters. The number of aliphatic hydroxyl groups is 1. The van der Waals surface area contributed by atoms with Gasteiger partial charge in [0, 0.05) is 5.92 Å². The lowest BCUT2D eigenvalue weighted by molar-refractivity contribution is -0.159. The van der Waals surface area contributed by atoms with Crippen LogP contribution in [0.5, 0.6) is 0 Å². The van der Waals surface area contributed by atoms with Gasteiger partial charge >= 0.3 is 5.97 Å². The van der Waals surface area contributed by atoms with Crippen LogP contribution in [0, 0.1) is 5.92 Å². The SMILES string of the molecule is CCCC/C=C\[C@H](C)[C@@H](O)C(=O)OC(C)C. The molecule has 0 amide bonds. The molecule has 16 heavy (non-hydrogen) atoms. The van der Waals surface area contributed by atoms with Crippen LogP contribution in [0.2, 0.25) is 0 Å². The Morgan fingerprint density at radius 1 is 1.38 bits per heavy atom. The average Bonchev–Trinajstić information content (AvgIpc) is 2.22. The maximum Gasteiger partial charge on any atom is 0.335 e. The molecule has 0 rings (SSSR count). The Kier molecular flexibility index (Phi) is 7.90. The van der Waals surface area contributed by atoms with Crippen LogP contribution in [0.4, 0.5) is 0 Å². The van der Waals surface area contributed by atoms with Crippen LogP contribution in [0.15, 0.2) is 12.2 Å². The summed E-state index contributed by atoms with van der Waals surface area (Å²) in [7, 11) is 0. The first-order valence-electron chi connectivity index (χ1n) is 6.04. The molecule has 0 aliphatic heterocycles. The Bertz CT molecular complexity index is 221. The molecule has 0 unspecified atom stereocenters. The van der Waals surface area contributed by atoms with Crippen LogP contribution >= 0.6 is 0 Å². The summed E-state index contributed by atoms with van der Waals surface area (Å²) in [5, 5.41) is 9.67. The molecule has 0 radical (unpaired) electrons. The summed E-state index contributed by atoms with van der Waals surface area (Å²) >= 11 is 0. The lowest BCUT2D eigenvalue weighted by atomic mass is 10.0. The van der Waals surface area contributed by atoms with Crippen LogP contribution in [0.3, 0.4) is 0 Å². The molecule has 94 valence electrons. The van der Waals surface area contributed by atoms with E-state index >= 15 is 0 Å². The van der Waals surface area contributed by atoms with Gasteiger partial charge in [-0.05, 0) is 20.3 Å². The quantitative estimate of drug-likeness (QED) is 0.414. The van der Waals surface area contributed by atoms with E-state index in [-0.39, 0.29) is 12.0 Å². The van der Waals surface area contributed by atoms with Crippen molar-refractivity contribution in [1.29, 1.82) is 0 Å². The van der Waals surface area contributed by atoms with Crippen LogP contribution in [0.25, 0.3) is 0 Å². The number of esters is 1. The van der Waals surface area contributed by atoms with Crippen LogP contribution in [0.1, 0.15) is 47.0 Å². The molecule has 0 saturated heterocycles. The van der Waals surface area contributed by atoms with Crippen molar-refractivity contribution in [3.05, 3.63) is 12.2 Å². The molecule has 0 aromatic heterocycles. The highest BCUT2D eigenvalue weighted by atomic mass is 16.6. The number of hydrogen-bond acceptors (Lipinski definition) is 3. The molecule has 0 aromatic carbocycles. The van der Waals surface area contributed by atoms with E-state index in [2.05, 4.69) is 6.92 Å². The highest BCUT2D eigenvalue weighted by molar-refractivity contribution is 5.75. The zero-order chi connectivity index (χ0) is 12.6. The maximum absolute atomic E-state index is 11.4. The highest BCUT2D eigenvalue weighted by Crippen LogP contribution is 2.09. The van der Waals surface area contributed by atoms with Crippen LogP contribution in [-0.2, 0) is 9.53 Å². The fourth-order valence-corrected chi connectivity index (χ4v) is 1.25. The van der Waals surface area contributed by atoms with E-state index in [1.807, 2.05) is 19.1 Å². The van der Waals surface area contributed by atoms with E-state index in [1.165, 1.54) is 0 Å². The zero-order valence-corrected chi connectivity index (χ0v) is 10.8. The van der Waals surface area contributed by atoms with Crippen molar-refractivity contribution in [3.8, 4) is 0 Å². The number of allylic oxidation sites excluding steroid dienone is 1. The molecular weight excluding hydrogens is 204 g/mol. The van der Waals surface area contributed by atoms with Gasteiger partial charge < -0.3 is 9.84 Å². The van der Waals surface area contributed by atoms with Gasteiger partial charge in [0.2, 0.25) is 0 Å². The lowest BCUT2D eigenvalue weighted by Crippen LogP contribution is -2.30. The second-order valence-corrected chi connectivity index (χ2v) is 4.36. The number of carbonyl (C=O) groups excluding carboxylic acids is 1. The van der Waals surface area contributed by atoms with Gasteiger partial charge in [0.05, 0.1) is 6.10 Å². The van der Waals surface area contributed by atoms with Gasteiger partial charge in [-0.2, -0.15) is 0 Å². The van der Waals surface area contributed by atoms with E-state index in [1.54, 1.807) is 13.8 Å². The van der Waals surface area contributed by atoms with Crippen molar-refractivity contribution in [2.75, 3.05) is 0 Å². The van der Waals surface area contributed by atoms with Gasteiger partial charge in [0.25, 0.3) is 0 Å². The third-order valence-electron chi connectivity index (χ3n) is 2.26. The Balaban J connectivity index is 4.01. The molecule has 1 N–H and O–H groups in total. The maximum atomic E-state index is 11.4. The predicted octanol–water partition coefficient (Wildman–Crippen LogP) is 2.68. The fourth-order valence-electron chi connectivity index (χ4n) is 1.25. The van der Waals surface area contributed by atoms with Crippen molar-refractivity contribution in [2.24, 2.45) is 5.92 Å². The van der Waals surface area contributed by atoms with Crippen molar-refractivity contribution in [2.45, 2.75) is 59.2 Å². The van der Waals surface area contributed by atoms with Crippen molar-refractivity contribution >= 4 is 5.97 Å². The fraction of sp³-hybridized carbons (Fsp3) is 0.769. The van der Waals surface area contributed by atoms with Gasteiger partial charge in [0.15, 0.2) is 6.10 Å². The first-order valence-corrected chi connectivity index (χ1v) is 6.04. The largest absolute Gasteiger partial charge is 0.461 e. The second-order valence-electron chi connectivity index (χ2n) is 4.36. The molecule has 0 fully saturated rings. The smallest absolute Gasteiger partial charge is 0.335 e. The Morgan fingerprint density at radius 3 is 2.50 bits per heavy atom. The topological polar surface area (TPSA) is 46.5 Å². The summed E-state index contributed by atoms with van der Waals surface area (Å²) < 4.78 is 4.94. The van der Waals surface area contributed by atoms with Crippen molar-refractivity contribution < 1.29 is 14.6 Å². The number of aliphatic hydroxyl groups excluding tert-OH is 1. The first kappa shape index (κ1) is 15.2. The van der Waals surface area contributed by atoms with Crippen molar-refractivity contribution in [3.63, 3.8) is 0 Å². The summed E-state index contributed by atoms with van der Waals surface area (Å²) in [6.07, 6.45) is 5.93. The minimum absolute atomic E-state index is 0.182. The predicted molar refractivity (Wildman–Crippen MR) is 65.1 cm³/mol. The normalized spacial score (nSPS) is 15.4. The molecule has 0 aromatic rings. The highest BCUT2D eigenvalue weighted by Gasteiger charge is 2.22. The molecule has 0 bridgehead atoms. The first-order chi connectivity index (χ1) is 7.49. The van der Waals surface area contributed by atoms with Gasteiger partial charge in [0.1, 0.15) is 0 Å². The summed E-state index contributed by atoms with van der Waals surface area (Å²) in [5.41, 5.74) is 0. The Morgan fingerprint density at radius 2 is 2.00 bits per heavy atom. The van der Waals surface area contributed by atoms with Gasteiger partial charge in [-0.25, -0.2) is 4.79 Å². The average molecular weight is 228 g/mol. The summed E-state index contributed by atoms with van der Waals surface area (Å²) in [4.78, 5) is 11.4. The molecule has 0 spiro atoms. The van der Waals surface area contributed by atoms with Gasteiger partial charge in [-0.15, -0.1) is 0 Å². The summed E-state index contributed by atoms with van der Waals surface area (Å²) in [6, 6.07) is 0. The minimum Gasteiger partial charge on any atom is -0.461 e. The number of ether oxygens (including phenoxy) is 1. The lowest BCUT2D eigenvalue weighted by Gasteiger charge is -2.16. The minimum atomic E-state index is -1.06. The summed E-state index contributed by atoms with van der Waals surface area (Å²) in [5.74, 6) is -0.731.